The summed E-state index contributed by atoms with van der Waals surface area (Å²) < 4.78 is 0. The number of rotatable bonds is 30. The van der Waals surface area contributed by atoms with Gasteiger partial charge in [-0.1, -0.05) is 103 Å². The molecule has 0 saturated carbocycles. The van der Waals surface area contributed by atoms with Gasteiger partial charge in [-0.3, -0.25) is 14.5 Å². The molecule has 44 heavy (non-hydrogen) atoms. The second-order valence-corrected chi connectivity index (χ2v) is 13.4. The van der Waals surface area contributed by atoms with Crippen LogP contribution < -0.4 is 10.6 Å². The van der Waals surface area contributed by atoms with Crippen LogP contribution in [0.15, 0.2) is 12.2 Å². The van der Waals surface area contributed by atoms with Crippen LogP contribution in [0.4, 0.5) is 0 Å². The fraction of sp³-hybridized carbons (Fsp3) is 0.892. The van der Waals surface area contributed by atoms with Crippen LogP contribution in [0, 0.1) is 0 Å². The van der Waals surface area contributed by atoms with E-state index in [9.17, 15) is 9.59 Å². The van der Waals surface area contributed by atoms with E-state index in [0.29, 0.717) is 12.8 Å². The number of nitrogens with one attached hydrogen (secondary N) is 2. The summed E-state index contributed by atoms with van der Waals surface area (Å²) in [6.45, 7) is 22.0. The number of carbonyl (C=O) groups excluding carboxylic acids is 2. The van der Waals surface area contributed by atoms with Crippen molar-refractivity contribution in [1.82, 2.24) is 25.3 Å². The fourth-order valence-corrected chi connectivity index (χ4v) is 6.13. The molecule has 0 aliphatic carbocycles. The zero-order chi connectivity index (χ0) is 32.1. The van der Waals surface area contributed by atoms with E-state index in [1.807, 2.05) is 0 Å². The molecular formula is C37H73N5O2. The predicted octanol–water partition coefficient (Wildman–Crippen LogP) is 7.17. The number of carbonyl (C=O) groups is 2. The zero-order valence-electron chi connectivity index (χ0n) is 29.6. The van der Waals surface area contributed by atoms with Crippen molar-refractivity contribution in [2.75, 3.05) is 72.0 Å². The lowest BCUT2D eigenvalue weighted by Gasteiger charge is -2.35. The van der Waals surface area contributed by atoms with Crippen LogP contribution in [-0.2, 0) is 9.59 Å². The molecule has 1 fully saturated rings. The molecule has 0 spiro atoms. The van der Waals surface area contributed by atoms with Gasteiger partial charge in [0, 0.05) is 58.7 Å². The first-order chi connectivity index (χ1) is 21.4. The Hall–Kier alpha value is -1.44. The lowest BCUT2D eigenvalue weighted by atomic mass is 10.1. The first-order valence-electron chi connectivity index (χ1n) is 18.8. The first-order valence-corrected chi connectivity index (χ1v) is 18.8. The van der Waals surface area contributed by atoms with Gasteiger partial charge >= 0.3 is 0 Å². The molecule has 1 aliphatic rings. The Balaban J connectivity index is 2.28. The molecule has 7 heteroatoms. The molecule has 1 heterocycles. The maximum Gasteiger partial charge on any atom is 0.219 e. The van der Waals surface area contributed by atoms with Gasteiger partial charge in [-0.15, -0.1) is 0 Å². The van der Waals surface area contributed by atoms with Gasteiger partial charge in [-0.2, -0.15) is 0 Å². The Morgan fingerprint density at radius 1 is 0.591 bits per heavy atom. The van der Waals surface area contributed by atoms with Crippen LogP contribution in [0.1, 0.15) is 143 Å². The topological polar surface area (TPSA) is 67.9 Å². The summed E-state index contributed by atoms with van der Waals surface area (Å²) >= 11 is 0. The van der Waals surface area contributed by atoms with Crippen molar-refractivity contribution in [2.24, 2.45) is 0 Å². The van der Waals surface area contributed by atoms with Crippen LogP contribution in [0.25, 0.3) is 0 Å². The monoisotopic (exact) mass is 620 g/mol. The second kappa shape index (κ2) is 29.0. The van der Waals surface area contributed by atoms with Crippen LogP contribution in [-0.4, -0.2) is 98.5 Å². The lowest BCUT2D eigenvalue weighted by Crippen LogP contribution is -2.47. The number of unbranched alkanes of at least 4 members (excludes halogenated alkanes) is 12. The third kappa shape index (κ3) is 24.8. The van der Waals surface area contributed by atoms with Crippen molar-refractivity contribution < 1.29 is 9.59 Å². The van der Waals surface area contributed by atoms with Crippen LogP contribution in [0.3, 0.4) is 0 Å². The molecule has 0 unspecified atom stereocenters. The molecule has 7 nitrogen and oxygen atoms in total. The van der Waals surface area contributed by atoms with Gasteiger partial charge in [-0.05, 0) is 65.2 Å². The highest BCUT2D eigenvalue weighted by Crippen LogP contribution is 2.10. The summed E-state index contributed by atoms with van der Waals surface area (Å²) in [5.74, 6) is 0.416. The molecular weight excluding hydrogens is 546 g/mol. The highest BCUT2D eigenvalue weighted by molar-refractivity contribution is 5.76. The minimum Gasteiger partial charge on any atom is -0.356 e. The van der Waals surface area contributed by atoms with Gasteiger partial charge in [0.05, 0.1) is 0 Å². The molecule has 0 aromatic heterocycles. The van der Waals surface area contributed by atoms with Crippen molar-refractivity contribution in [3.63, 3.8) is 0 Å². The van der Waals surface area contributed by atoms with Crippen LogP contribution in [0.2, 0.25) is 0 Å². The van der Waals surface area contributed by atoms with Crippen LogP contribution >= 0.6 is 0 Å². The molecule has 0 radical (unpaired) electrons. The molecule has 258 valence electrons. The molecule has 1 aliphatic heterocycles. The van der Waals surface area contributed by atoms with Crippen LogP contribution in [0.5, 0.6) is 0 Å². The van der Waals surface area contributed by atoms with Gasteiger partial charge in [0.1, 0.15) is 0 Å². The second-order valence-electron chi connectivity index (χ2n) is 13.4. The maximum absolute atomic E-state index is 12.3. The van der Waals surface area contributed by atoms with Gasteiger partial charge in [0.2, 0.25) is 11.8 Å². The number of hydrogen-bond donors (Lipinski definition) is 2. The highest BCUT2D eigenvalue weighted by atomic mass is 16.2. The Morgan fingerprint density at radius 2 is 1.00 bits per heavy atom. The molecule has 1 rings (SSSR count). The zero-order valence-corrected chi connectivity index (χ0v) is 29.6. The Kier molecular flexibility index (Phi) is 26.7. The van der Waals surface area contributed by atoms with Crippen molar-refractivity contribution in [2.45, 2.75) is 143 Å². The van der Waals surface area contributed by atoms with Gasteiger partial charge in [0.25, 0.3) is 0 Å². The number of amides is 2. The van der Waals surface area contributed by atoms with Gasteiger partial charge in [0.15, 0.2) is 0 Å². The molecule has 0 atom stereocenters. The first kappa shape index (κ1) is 40.6. The number of piperazine rings is 1. The summed E-state index contributed by atoms with van der Waals surface area (Å²) in [5, 5.41) is 6.31. The van der Waals surface area contributed by atoms with E-state index >= 15 is 0 Å². The molecule has 0 aromatic carbocycles. The third-order valence-corrected chi connectivity index (χ3v) is 8.87. The van der Waals surface area contributed by atoms with E-state index in [2.05, 4.69) is 52.7 Å². The predicted molar refractivity (Wildman–Crippen MR) is 189 cm³/mol. The minimum absolute atomic E-state index is 0.208. The van der Waals surface area contributed by atoms with Gasteiger partial charge in [-0.25, -0.2) is 0 Å². The van der Waals surface area contributed by atoms with Crippen molar-refractivity contribution in [1.29, 1.82) is 0 Å². The normalized spacial score (nSPS) is 14.3. The molecule has 2 amide bonds. The quantitative estimate of drug-likeness (QED) is 0.0659. The van der Waals surface area contributed by atoms with E-state index in [-0.39, 0.29) is 11.8 Å². The average molecular weight is 620 g/mol. The molecule has 2 N–H and O–H groups in total. The maximum atomic E-state index is 12.3. The largest absolute Gasteiger partial charge is 0.356 e. The summed E-state index contributed by atoms with van der Waals surface area (Å²) in [5.41, 5.74) is 1.25. The Labute approximate surface area is 273 Å². The number of nitrogens with zero attached hydrogens (tertiary/aromatic N) is 3. The minimum atomic E-state index is 0.208. The summed E-state index contributed by atoms with van der Waals surface area (Å²) in [7, 11) is 0. The summed E-state index contributed by atoms with van der Waals surface area (Å²) in [6.07, 6.45) is 21.8. The van der Waals surface area contributed by atoms with E-state index in [1.165, 1.54) is 82.6 Å². The molecule has 0 aromatic rings. The van der Waals surface area contributed by atoms with E-state index in [1.54, 1.807) is 0 Å². The highest BCUT2D eigenvalue weighted by Gasteiger charge is 2.16. The molecule has 1 saturated heterocycles. The van der Waals surface area contributed by atoms with E-state index < -0.39 is 0 Å². The average Bonchev–Trinajstić information content (AvgIpc) is 3.00. The SMILES string of the molecule is C=C(C)CN1CCN(CCCN(CCCNC(=O)CCCCCCCCC)CCCNC(=O)CCCCCCCCC)CC1. The van der Waals surface area contributed by atoms with Crippen molar-refractivity contribution in [3.05, 3.63) is 12.2 Å². The summed E-state index contributed by atoms with van der Waals surface area (Å²) in [4.78, 5) is 32.3. The Bertz CT molecular complexity index is 670. The van der Waals surface area contributed by atoms with Crippen molar-refractivity contribution in [3.8, 4) is 0 Å². The smallest absolute Gasteiger partial charge is 0.219 e. The van der Waals surface area contributed by atoms with Crippen molar-refractivity contribution >= 4 is 11.8 Å². The lowest BCUT2D eigenvalue weighted by molar-refractivity contribution is -0.122. The van der Waals surface area contributed by atoms with E-state index in [0.717, 1.165) is 104 Å². The van der Waals surface area contributed by atoms with Gasteiger partial charge < -0.3 is 20.4 Å². The molecule has 0 bridgehead atoms. The Morgan fingerprint density at radius 3 is 1.45 bits per heavy atom. The van der Waals surface area contributed by atoms with E-state index in [4.69, 9.17) is 0 Å². The number of hydrogen-bond acceptors (Lipinski definition) is 5. The summed E-state index contributed by atoms with van der Waals surface area (Å²) in [6, 6.07) is 0. The third-order valence-electron chi connectivity index (χ3n) is 8.87. The fourth-order valence-electron chi connectivity index (χ4n) is 6.13. The standard InChI is InChI=1S/C37H73N5O2/c1-5-7-9-11-13-15-17-22-36(43)38-24-19-26-40(28-21-29-41-30-32-42(33-31-41)34-35(3)4)27-20-25-39-37(44)23-18-16-14-12-10-8-6-2/h3,5-34H2,1-2,4H3,(H,38,43)(H,39,44).